The molecular weight excluding hydrogens is 332 g/mol. The van der Waals surface area contributed by atoms with Gasteiger partial charge in [0.25, 0.3) is 0 Å². The highest BCUT2D eigenvalue weighted by Gasteiger charge is 2.23. The molecule has 2 aromatic rings. The van der Waals surface area contributed by atoms with Crippen LogP contribution in [0.3, 0.4) is 0 Å². The molecule has 1 amide bonds. The lowest BCUT2D eigenvalue weighted by Gasteiger charge is -2.22. The van der Waals surface area contributed by atoms with Gasteiger partial charge in [-0.15, -0.1) is 0 Å². The molecule has 0 fully saturated rings. The van der Waals surface area contributed by atoms with Crippen molar-refractivity contribution in [3.63, 3.8) is 0 Å². The highest BCUT2D eigenvalue weighted by Crippen LogP contribution is 2.18. The molecule has 2 aromatic carbocycles. The van der Waals surface area contributed by atoms with E-state index in [1.807, 2.05) is 18.2 Å². The summed E-state index contributed by atoms with van der Waals surface area (Å²) in [6, 6.07) is 13.3. The number of carbonyl (C=O) groups is 2. The lowest BCUT2D eigenvalue weighted by atomic mass is 10.0. The van der Waals surface area contributed by atoms with Crippen LogP contribution in [0.15, 0.2) is 42.5 Å². The third kappa shape index (κ3) is 6.04. The number of ether oxygens (including phenoxy) is 1. The topological polar surface area (TPSA) is 87.7 Å². The van der Waals surface area contributed by atoms with Crippen molar-refractivity contribution in [1.82, 2.24) is 10.6 Å². The number of carbonyl (C=O) groups excluding carboxylic acids is 1. The molecule has 0 saturated carbocycles. The average Bonchev–Trinajstić information content (AvgIpc) is 2.55. The number of carboxylic acid groups (broad SMARTS) is 1. The number of rotatable bonds is 7. The quantitative estimate of drug-likeness (QED) is 0.663. The Hall–Kier alpha value is -2.60. The Bertz CT molecular complexity index is 762. The number of aliphatic carboxylic acids is 1. The molecule has 6 heteroatoms. The van der Waals surface area contributed by atoms with Crippen molar-refractivity contribution in [3.8, 4) is 0 Å². The summed E-state index contributed by atoms with van der Waals surface area (Å²) in [6.07, 6.45) is 0.0286. The minimum Gasteiger partial charge on any atom is -0.480 e. The van der Waals surface area contributed by atoms with Crippen LogP contribution in [-0.2, 0) is 16.0 Å². The maximum atomic E-state index is 11.7. The summed E-state index contributed by atoms with van der Waals surface area (Å²) in [5.74, 6) is -1.10. The van der Waals surface area contributed by atoms with Crippen molar-refractivity contribution in [2.24, 2.45) is 0 Å². The molecule has 0 aliphatic rings. The van der Waals surface area contributed by atoms with E-state index in [-0.39, 0.29) is 6.54 Å². The number of amides is 1. The van der Waals surface area contributed by atoms with E-state index in [1.54, 1.807) is 20.8 Å². The first-order valence-electron chi connectivity index (χ1n) is 8.66. The summed E-state index contributed by atoms with van der Waals surface area (Å²) in [5.41, 5.74) is 0.525. The van der Waals surface area contributed by atoms with Gasteiger partial charge in [0.15, 0.2) is 0 Å². The number of hydrogen-bond donors (Lipinski definition) is 3. The summed E-state index contributed by atoms with van der Waals surface area (Å²) in [6.45, 7) is 5.91. The fourth-order valence-electron chi connectivity index (χ4n) is 2.63. The van der Waals surface area contributed by atoms with Crippen molar-refractivity contribution in [3.05, 3.63) is 48.0 Å². The summed E-state index contributed by atoms with van der Waals surface area (Å²) in [5, 5.41) is 17.1. The summed E-state index contributed by atoms with van der Waals surface area (Å²) >= 11 is 0. The lowest BCUT2D eigenvalue weighted by molar-refractivity contribution is -0.139. The van der Waals surface area contributed by atoms with Crippen LogP contribution in [0.25, 0.3) is 10.8 Å². The second-order valence-electron chi connectivity index (χ2n) is 7.13. The molecule has 0 aliphatic carbocycles. The van der Waals surface area contributed by atoms with E-state index < -0.39 is 23.7 Å². The Morgan fingerprint density at radius 2 is 1.81 bits per heavy atom. The standard InChI is InChI=1S/C20H26N2O4/c1-20(2,3)26-19(25)22-17(18(23)24)13-21-12-11-15-9-6-8-14-7-4-5-10-16(14)15/h4-10,17,21H,11-13H2,1-3H3,(H,22,25)(H,23,24)/t17-/m0/s1. The van der Waals surface area contributed by atoms with Gasteiger partial charge in [0.05, 0.1) is 0 Å². The van der Waals surface area contributed by atoms with E-state index in [2.05, 4.69) is 34.9 Å². The Balaban J connectivity index is 1.86. The predicted octanol–water partition coefficient (Wildman–Crippen LogP) is 2.95. The predicted molar refractivity (Wildman–Crippen MR) is 101 cm³/mol. The van der Waals surface area contributed by atoms with Gasteiger partial charge in [0.2, 0.25) is 0 Å². The van der Waals surface area contributed by atoms with Crippen molar-refractivity contribution in [2.75, 3.05) is 13.1 Å². The molecule has 6 nitrogen and oxygen atoms in total. The van der Waals surface area contributed by atoms with Crippen molar-refractivity contribution < 1.29 is 19.4 Å². The summed E-state index contributed by atoms with van der Waals surface area (Å²) < 4.78 is 5.10. The Morgan fingerprint density at radius 3 is 2.50 bits per heavy atom. The van der Waals surface area contributed by atoms with Crippen LogP contribution in [0.4, 0.5) is 4.79 Å². The van der Waals surface area contributed by atoms with Gasteiger partial charge >= 0.3 is 12.1 Å². The van der Waals surface area contributed by atoms with Crippen LogP contribution in [0.1, 0.15) is 26.3 Å². The molecule has 0 radical (unpaired) electrons. The van der Waals surface area contributed by atoms with E-state index in [9.17, 15) is 14.7 Å². The van der Waals surface area contributed by atoms with Gasteiger partial charge in [-0.3, -0.25) is 0 Å². The fourth-order valence-corrected chi connectivity index (χ4v) is 2.63. The van der Waals surface area contributed by atoms with E-state index >= 15 is 0 Å². The van der Waals surface area contributed by atoms with Gasteiger partial charge in [-0.2, -0.15) is 0 Å². The molecule has 0 saturated heterocycles. The first-order valence-corrected chi connectivity index (χ1v) is 8.66. The Morgan fingerprint density at radius 1 is 1.12 bits per heavy atom. The van der Waals surface area contributed by atoms with Crippen LogP contribution >= 0.6 is 0 Å². The maximum absolute atomic E-state index is 11.7. The molecule has 0 heterocycles. The number of hydrogen-bond acceptors (Lipinski definition) is 4. The molecule has 0 aliphatic heterocycles. The molecule has 0 unspecified atom stereocenters. The molecule has 0 bridgehead atoms. The van der Waals surface area contributed by atoms with Gasteiger partial charge in [0.1, 0.15) is 11.6 Å². The van der Waals surface area contributed by atoms with Gasteiger partial charge in [-0.25, -0.2) is 9.59 Å². The van der Waals surface area contributed by atoms with Crippen molar-refractivity contribution in [2.45, 2.75) is 38.8 Å². The number of alkyl carbamates (subject to hydrolysis) is 1. The molecule has 2 rings (SSSR count). The minimum atomic E-state index is -1.10. The van der Waals surface area contributed by atoms with Crippen molar-refractivity contribution >= 4 is 22.8 Å². The molecule has 0 aromatic heterocycles. The second kappa shape index (κ2) is 8.67. The average molecular weight is 358 g/mol. The third-order valence-electron chi connectivity index (χ3n) is 3.79. The van der Waals surface area contributed by atoms with E-state index in [4.69, 9.17) is 4.74 Å². The van der Waals surface area contributed by atoms with E-state index in [0.29, 0.717) is 6.54 Å². The van der Waals surface area contributed by atoms with Gasteiger partial charge in [0, 0.05) is 6.54 Å². The fraction of sp³-hybridized carbons (Fsp3) is 0.400. The van der Waals surface area contributed by atoms with Crippen LogP contribution in [-0.4, -0.2) is 41.9 Å². The van der Waals surface area contributed by atoms with Crippen LogP contribution in [0, 0.1) is 0 Å². The molecule has 3 N–H and O–H groups in total. The zero-order valence-electron chi connectivity index (χ0n) is 15.4. The molecule has 1 atom stereocenters. The monoisotopic (exact) mass is 358 g/mol. The number of carboxylic acids is 1. The van der Waals surface area contributed by atoms with Crippen LogP contribution in [0.2, 0.25) is 0 Å². The molecular formula is C20H26N2O4. The SMILES string of the molecule is CC(C)(C)OC(=O)N[C@@H](CNCCc1cccc2ccccc12)C(=O)O. The first-order chi connectivity index (χ1) is 12.3. The smallest absolute Gasteiger partial charge is 0.408 e. The highest BCUT2D eigenvalue weighted by atomic mass is 16.6. The number of benzene rings is 2. The van der Waals surface area contributed by atoms with E-state index in [1.165, 1.54) is 16.3 Å². The second-order valence-corrected chi connectivity index (χ2v) is 7.13. The third-order valence-corrected chi connectivity index (χ3v) is 3.79. The number of nitrogens with one attached hydrogen (secondary N) is 2. The maximum Gasteiger partial charge on any atom is 0.408 e. The summed E-state index contributed by atoms with van der Waals surface area (Å²) in [7, 11) is 0. The van der Waals surface area contributed by atoms with Crippen LogP contribution < -0.4 is 10.6 Å². The van der Waals surface area contributed by atoms with Crippen molar-refractivity contribution in [1.29, 1.82) is 0 Å². The largest absolute Gasteiger partial charge is 0.480 e. The van der Waals surface area contributed by atoms with Gasteiger partial charge < -0.3 is 20.5 Å². The van der Waals surface area contributed by atoms with Gasteiger partial charge in [-0.1, -0.05) is 42.5 Å². The molecule has 140 valence electrons. The zero-order chi connectivity index (χ0) is 19.2. The van der Waals surface area contributed by atoms with E-state index in [0.717, 1.165) is 6.42 Å². The molecule has 26 heavy (non-hydrogen) atoms. The number of fused-ring (bicyclic) bond motifs is 1. The zero-order valence-corrected chi connectivity index (χ0v) is 15.4. The Kier molecular flexibility index (Phi) is 6.58. The highest BCUT2D eigenvalue weighted by molar-refractivity contribution is 5.85. The van der Waals surface area contributed by atoms with Crippen LogP contribution in [0.5, 0.6) is 0 Å². The Labute approximate surface area is 153 Å². The lowest BCUT2D eigenvalue weighted by Crippen LogP contribution is -2.49. The molecule has 0 spiro atoms. The van der Waals surface area contributed by atoms with Gasteiger partial charge in [-0.05, 0) is 50.1 Å². The normalized spacial score (nSPS) is 12.6. The first kappa shape index (κ1) is 19.7. The summed E-state index contributed by atoms with van der Waals surface area (Å²) in [4.78, 5) is 23.1. The minimum absolute atomic E-state index is 0.124.